The molecular formula is C17H26N4O2. The Morgan fingerprint density at radius 3 is 2.91 bits per heavy atom. The molecule has 23 heavy (non-hydrogen) atoms. The number of nitrogens with one attached hydrogen (secondary N) is 2. The maximum absolute atomic E-state index is 12.2. The molecule has 126 valence electrons. The van der Waals surface area contributed by atoms with E-state index in [-0.39, 0.29) is 11.8 Å². The van der Waals surface area contributed by atoms with Crippen molar-refractivity contribution >= 4 is 23.2 Å². The first-order chi connectivity index (χ1) is 11.0. The van der Waals surface area contributed by atoms with E-state index in [1.54, 1.807) is 12.1 Å². The monoisotopic (exact) mass is 318 g/mol. The van der Waals surface area contributed by atoms with Gasteiger partial charge in [-0.25, -0.2) is 0 Å². The van der Waals surface area contributed by atoms with Crippen LogP contribution in [-0.2, 0) is 4.79 Å². The van der Waals surface area contributed by atoms with Crippen molar-refractivity contribution in [3.05, 3.63) is 23.8 Å². The van der Waals surface area contributed by atoms with Crippen molar-refractivity contribution in [1.82, 2.24) is 10.2 Å². The molecule has 2 N–H and O–H groups in total. The summed E-state index contributed by atoms with van der Waals surface area (Å²) >= 11 is 0. The van der Waals surface area contributed by atoms with E-state index in [1.165, 1.54) is 12.8 Å². The molecule has 0 radical (unpaired) electrons. The molecule has 0 aliphatic carbocycles. The first-order valence-electron chi connectivity index (χ1n) is 8.13. The van der Waals surface area contributed by atoms with Crippen molar-refractivity contribution in [3.63, 3.8) is 0 Å². The third-order valence-corrected chi connectivity index (χ3v) is 4.00. The van der Waals surface area contributed by atoms with Crippen LogP contribution in [0.1, 0.15) is 30.1 Å². The molecule has 6 heteroatoms. The summed E-state index contributed by atoms with van der Waals surface area (Å²) in [6.07, 6.45) is 2.34. The fraction of sp³-hybridized carbons (Fsp3) is 0.529. The maximum atomic E-state index is 12.2. The normalized spacial score (nSPS) is 13.7. The van der Waals surface area contributed by atoms with Crippen molar-refractivity contribution in [1.29, 1.82) is 0 Å². The van der Waals surface area contributed by atoms with E-state index in [0.29, 0.717) is 24.3 Å². The SMILES string of the molecule is CCCCN(C)CCNC(=O)c1ccc2c(c1)NC(=O)CN2C. The smallest absolute Gasteiger partial charge is 0.251 e. The first-order valence-corrected chi connectivity index (χ1v) is 8.13. The average Bonchev–Trinajstić information content (AvgIpc) is 2.52. The number of carbonyl (C=O) groups excluding carboxylic acids is 2. The maximum Gasteiger partial charge on any atom is 0.251 e. The lowest BCUT2D eigenvalue weighted by Gasteiger charge is -2.27. The summed E-state index contributed by atoms with van der Waals surface area (Å²) in [5.74, 6) is -0.172. The molecule has 0 bridgehead atoms. The minimum absolute atomic E-state index is 0.0601. The van der Waals surface area contributed by atoms with Crippen LogP contribution in [0.15, 0.2) is 18.2 Å². The topological polar surface area (TPSA) is 64.7 Å². The van der Waals surface area contributed by atoms with Gasteiger partial charge in [0.15, 0.2) is 0 Å². The molecule has 2 amide bonds. The Morgan fingerprint density at radius 1 is 1.39 bits per heavy atom. The second-order valence-electron chi connectivity index (χ2n) is 6.05. The molecule has 0 saturated heterocycles. The lowest BCUT2D eigenvalue weighted by Crippen LogP contribution is -2.36. The highest BCUT2D eigenvalue weighted by atomic mass is 16.2. The number of fused-ring (bicyclic) bond motifs is 1. The zero-order valence-corrected chi connectivity index (χ0v) is 14.2. The van der Waals surface area contributed by atoms with Gasteiger partial charge in [-0.2, -0.15) is 0 Å². The van der Waals surface area contributed by atoms with Crippen LogP contribution in [0, 0.1) is 0 Å². The molecular weight excluding hydrogens is 292 g/mol. The van der Waals surface area contributed by atoms with E-state index in [2.05, 4.69) is 29.5 Å². The quantitative estimate of drug-likeness (QED) is 0.800. The number of amides is 2. The fourth-order valence-corrected chi connectivity index (χ4v) is 2.60. The van der Waals surface area contributed by atoms with Crippen LogP contribution in [0.4, 0.5) is 11.4 Å². The molecule has 6 nitrogen and oxygen atoms in total. The van der Waals surface area contributed by atoms with Crippen LogP contribution in [-0.4, -0.2) is 57.0 Å². The Kier molecular flexibility index (Phi) is 5.98. The fourth-order valence-electron chi connectivity index (χ4n) is 2.60. The summed E-state index contributed by atoms with van der Waals surface area (Å²) in [5, 5.41) is 5.74. The lowest BCUT2D eigenvalue weighted by atomic mass is 10.1. The van der Waals surface area contributed by atoms with Crippen molar-refractivity contribution in [3.8, 4) is 0 Å². The van der Waals surface area contributed by atoms with Crippen LogP contribution in [0.2, 0.25) is 0 Å². The van der Waals surface area contributed by atoms with Crippen LogP contribution in [0.3, 0.4) is 0 Å². The Bertz CT molecular complexity index is 574. The highest BCUT2D eigenvalue weighted by Gasteiger charge is 2.20. The minimum atomic E-state index is -0.112. The van der Waals surface area contributed by atoms with Gasteiger partial charge in [-0.15, -0.1) is 0 Å². The van der Waals surface area contributed by atoms with Gasteiger partial charge < -0.3 is 20.4 Å². The molecule has 0 aromatic heterocycles. The summed E-state index contributed by atoms with van der Waals surface area (Å²) in [7, 11) is 3.93. The Labute approximate surface area is 137 Å². The van der Waals surface area contributed by atoms with Gasteiger partial charge in [-0.05, 0) is 38.2 Å². The van der Waals surface area contributed by atoms with Crippen molar-refractivity contribution in [2.75, 3.05) is 50.5 Å². The van der Waals surface area contributed by atoms with E-state index in [4.69, 9.17) is 0 Å². The Balaban J connectivity index is 1.90. The number of nitrogens with zero attached hydrogens (tertiary/aromatic N) is 2. The predicted molar refractivity (Wildman–Crippen MR) is 93.1 cm³/mol. The summed E-state index contributed by atoms with van der Waals surface area (Å²) in [5.41, 5.74) is 2.19. The molecule has 1 aliphatic heterocycles. The van der Waals surface area contributed by atoms with E-state index in [9.17, 15) is 9.59 Å². The second-order valence-corrected chi connectivity index (χ2v) is 6.05. The summed E-state index contributed by atoms with van der Waals surface area (Å²) in [6, 6.07) is 5.40. The molecule has 1 heterocycles. The van der Waals surface area contributed by atoms with Crippen LogP contribution >= 0.6 is 0 Å². The standard InChI is InChI=1S/C17H26N4O2/c1-4-5-9-20(2)10-8-18-17(23)13-6-7-15-14(11-13)19-16(22)12-21(15)3/h6-7,11H,4-5,8-10,12H2,1-3H3,(H,18,23)(H,19,22). The Hall–Kier alpha value is -2.08. The Morgan fingerprint density at radius 2 is 2.17 bits per heavy atom. The molecule has 1 aromatic rings. The molecule has 0 fully saturated rings. The van der Waals surface area contributed by atoms with Crippen molar-refractivity contribution in [2.24, 2.45) is 0 Å². The van der Waals surface area contributed by atoms with Gasteiger partial charge in [0.2, 0.25) is 5.91 Å². The number of unbranched alkanes of at least 4 members (excludes halogenated alkanes) is 1. The van der Waals surface area contributed by atoms with Crippen LogP contribution < -0.4 is 15.5 Å². The molecule has 0 saturated carbocycles. The number of rotatable bonds is 7. The van der Waals surface area contributed by atoms with Gasteiger partial charge in [-0.1, -0.05) is 13.3 Å². The molecule has 0 spiro atoms. The van der Waals surface area contributed by atoms with Crippen molar-refractivity contribution in [2.45, 2.75) is 19.8 Å². The zero-order valence-electron chi connectivity index (χ0n) is 14.2. The molecule has 1 aliphatic rings. The first kappa shape index (κ1) is 17.3. The number of likely N-dealkylation sites (N-methyl/N-ethyl adjacent to an activating group) is 2. The summed E-state index contributed by atoms with van der Waals surface area (Å²) < 4.78 is 0. The van der Waals surface area contributed by atoms with Gasteiger partial charge in [-0.3, -0.25) is 9.59 Å². The highest BCUT2D eigenvalue weighted by molar-refractivity contribution is 6.03. The van der Waals surface area contributed by atoms with Crippen LogP contribution in [0.5, 0.6) is 0 Å². The van der Waals surface area contributed by atoms with Crippen molar-refractivity contribution < 1.29 is 9.59 Å². The lowest BCUT2D eigenvalue weighted by molar-refractivity contribution is -0.115. The number of benzene rings is 1. The third kappa shape index (κ3) is 4.69. The number of anilines is 2. The second kappa shape index (κ2) is 7.97. The summed E-state index contributed by atoms with van der Waals surface area (Å²) in [4.78, 5) is 27.9. The van der Waals surface area contributed by atoms with E-state index in [1.807, 2.05) is 18.0 Å². The predicted octanol–water partition coefficient (Wildman–Crippen LogP) is 1.54. The summed E-state index contributed by atoms with van der Waals surface area (Å²) in [6.45, 7) is 4.99. The number of hydrogen-bond acceptors (Lipinski definition) is 4. The molecule has 0 atom stereocenters. The third-order valence-electron chi connectivity index (χ3n) is 4.00. The number of carbonyl (C=O) groups is 2. The molecule has 0 unspecified atom stereocenters. The van der Waals surface area contributed by atoms with Crippen LogP contribution in [0.25, 0.3) is 0 Å². The minimum Gasteiger partial charge on any atom is -0.364 e. The van der Waals surface area contributed by atoms with E-state index < -0.39 is 0 Å². The zero-order chi connectivity index (χ0) is 16.8. The highest BCUT2D eigenvalue weighted by Crippen LogP contribution is 2.29. The van der Waals surface area contributed by atoms with Gasteiger partial charge in [0, 0.05) is 25.7 Å². The van der Waals surface area contributed by atoms with Gasteiger partial charge in [0.05, 0.1) is 17.9 Å². The van der Waals surface area contributed by atoms with Gasteiger partial charge in [0.25, 0.3) is 5.91 Å². The van der Waals surface area contributed by atoms with E-state index >= 15 is 0 Å². The van der Waals surface area contributed by atoms with Gasteiger partial charge >= 0.3 is 0 Å². The average molecular weight is 318 g/mol. The van der Waals surface area contributed by atoms with Gasteiger partial charge in [0.1, 0.15) is 0 Å². The number of hydrogen-bond donors (Lipinski definition) is 2. The molecule has 2 rings (SSSR count). The van der Waals surface area contributed by atoms with E-state index in [0.717, 1.165) is 18.8 Å². The largest absolute Gasteiger partial charge is 0.364 e. The molecule has 1 aromatic carbocycles.